The second-order valence-electron chi connectivity index (χ2n) is 11.1. The molecule has 0 amide bonds. The van der Waals surface area contributed by atoms with Gasteiger partial charge in [-0.3, -0.25) is 9.59 Å². The lowest BCUT2D eigenvalue weighted by atomic mass is 9.94. The Morgan fingerprint density at radius 2 is 0.957 bits per heavy atom. The van der Waals surface area contributed by atoms with Crippen LogP contribution in [-0.4, -0.2) is 49.6 Å². The van der Waals surface area contributed by atoms with Crippen LogP contribution in [-0.2, 0) is 4.74 Å². The van der Waals surface area contributed by atoms with Crippen molar-refractivity contribution in [2.24, 2.45) is 0 Å². The molecule has 6 rings (SSSR count). The lowest BCUT2D eigenvalue weighted by Gasteiger charge is -2.38. The Labute approximate surface area is 293 Å². The van der Waals surface area contributed by atoms with Crippen molar-refractivity contribution in [3.05, 3.63) is 150 Å². The van der Waals surface area contributed by atoms with Crippen LogP contribution in [0.1, 0.15) is 55.4 Å². The summed E-state index contributed by atoms with van der Waals surface area (Å²) in [6.45, 7) is 0. The van der Waals surface area contributed by atoms with E-state index < -0.39 is 12.5 Å². The van der Waals surface area contributed by atoms with Crippen molar-refractivity contribution in [2.45, 2.75) is 12.5 Å². The van der Waals surface area contributed by atoms with Gasteiger partial charge in [0.1, 0.15) is 11.6 Å². The van der Waals surface area contributed by atoms with E-state index in [0.29, 0.717) is 76.3 Å². The number of fused-ring (bicyclic) bond motifs is 2. The smallest absolute Gasteiger partial charge is 0.197 e. The van der Waals surface area contributed by atoms with E-state index in [2.05, 4.69) is 10.6 Å². The van der Waals surface area contributed by atoms with Crippen LogP contribution in [0.15, 0.2) is 96.6 Å². The molecule has 4 aromatic rings. The monoisotopic (exact) mass is 706 g/mol. The van der Waals surface area contributed by atoms with Crippen LogP contribution >= 0.6 is 46.4 Å². The van der Waals surface area contributed by atoms with Crippen molar-refractivity contribution in [2.75, 3.05) is 28.2 Å². The third-order valence-electron chi connectivity index (χ3n) is 8.43. The van der Waals surface area contributed by atoms with Gasteiger partial charge in [-0.15, -0.1) is 0 Å². The van der Waals surface area contributed by atoms with E-state index in [1.165, 1.54) is 0 Å². The first kappa shape index (κ1) is 32.9. The maximum absolute atomic E-state index is 14.3. The quantitative estimate of drug-likeness (QED) is 0.208. The molecule has 0 saturated heterocycles. The zero-order valence-corrected chi connectivity index (χ0v) is 28.9. The van der Waals surface area contributed by atoms with Gasteiger partial charge < -0.3 is 25.2 Å². The molecule has 240 valence electrons. The molecule has 0 bridgehead atoms. The number of hydrogen-bond donors (Lipinski definition) is 2. The van der Waals surface area contributed by atoms with Crippen molar-refractivity contribution in [1.29, 1.82) is 0 Å². The molecule has 0 aromatic heterocycles. The third kappa shape index (κ3) is 5.77. The first-order valence-corrected chi connectivity index (χ1v) is 16.2. The standard InChI is InChI=1S/C36H30Cl4N4O3/c1-41-33-29(19-13-15-25(37)27(39)17-19)31(45)21-9-5-7-11-23(21)35(43(33)3)47-36-24-12-8-6-10-22(24)32(46)30(34(42-2)44(36)4)20-14-16-26(38)28(40)18-20/h5-18,35-36,41-42H,1-4H3/t35-,36+. The van der Waals surface area contributed by atoms with Crippen LogP contribution in [0, 0.1) is 0 Å². The Bertz CT molecular complexity index is 1850. The zero-order valence-electron chi connectivity index (χ0n) is 25.9. The van der Waals surface area contributed by atoms with Crippen LogP contribution in [0.2, 0.25) is 20.1 Å². The Hall–Kier alpha value is -3.98. The third-order valence-corrected chi connectivity index (χ3v) is 9.91. The number of hydrogen-bond acceptors (Lipinski definition) is 7. The average Bonchev–Trinajstić information content (AvgIpc) is 3.22. The average molecular weight is 708 g/mol. The first-order valence-electron chi connectivity index (χ1n) is 14.7. The van der Waals surface area contributed by atoms with Gasteiger partial charge in [0.25, 0.3) is 0 Å². The molecule has 0 aliphatic carbocycles. The molecule has 11 heteroatoms. The zero-order chi connectivity index (χ0) is 33.6. The molecule has 2 aliphatic rings. The number of allylic oxidation sites excluding steroid dienone is 2. The van der Waals surface area contributed by atoms with Crippen molar-refractivity contribution in [3.63, 3.8) is 0 Å². The van der Waals surface area contributed by atoms with Gasteiger partial charge in [0.15, 0.2) is 24.0 Å². The molecule has 47 heavy (non-hydrogen) atoms. The first-order chi connectivity index (χ1) is 22.6. The summed E-state index contributed by atoms with van der Waals surface area (Å²) in [5.41, 5.74) is 4.28. The predicted octanol–water partition coefficient (Wildman–Crippen LogP) is 8.45. The number of Topliss-reactive ketones (excluding diaryl/α,β-unsaturated/α-hetero) is 2. The molecule has 2 N–H and O–H groups in total. The van der Waals surface area contributed by atoms with Crippen molar-refractivity contribution in [1.82, 2.24) is 20.4 Å². The molecular weight excluding hydrogens is 678 g/mol. The van der Waals surface area contributed by atoms with Crippen LogP contribution < -0.4 is 10.6 Å². The van der Waals surface area contributed by atoms with Gasteiger partial charge in [-0.05, 0) is 35.4 Å². The highest BCUT2D eigenvalue weighted by molar-refractivity contribution is 6.43. The number of halogens is 4. The molecule has 2 heterocycles. The van der Waals surface area contributed by atoms with Crippen molar-refractivity contribution in [3.8, 4) is 0 Å². The largest absolute Gasteiger partial charge is 0.374 e. The lowest BCUT2D eigenvalue weighted by Crippen LogP contribution is -2.37. The summed E-state index contributed by atoms with van der Waals surface area (Å²) in [4.78, 5) is 32.5. The minimum Gasteiger partial charge on any atom is -0.374 e. The number of nitrogens with zero attached hydrogens (tertiary/aromatic N) is 2. The Balaban J connectivity index is 1.54. The molecule has 0 unspecified atom stereocenters. The fourth-order valence-corrected chi connectivity index (χ4v) is 6.82. The summed E-state index contributed by atoms with van der Waals surface area (Å²) >= 11 is 25.3. The minimum absolute atomic E-state index is 0.205. The molecule has 0 saturated carbocycles. The molecule has 0 spiro atoms. The normalized spacial score (nSPS) is 18.1. The number of ketones is 2. The lowest BCUT2D eigenvalue weighted by molar-refractivity contribution is -0.135. The van der Waals surface area contributed by atoms with Crippen molar-refractivity contribution < 1.29 is 14.3 Å². The summed E-state index contributed by atoms with van der Waals surface area (Å²) in [6, 6.07) is 25.0. The molecule has 0 fully saturated rings. The number of carbonyl (C=O) groups excluding carboxylic acids is 2. The van der Waals surface area contributed by atoms with E-state index in [4.69, 9.17) is 51.1 Å². The van der Waals surface area contributed by atoms with Gasteiger partial charge in [0.05, 0.1) is 31.2 Å². The second-order valence-corrected chi connectivity index (χ2v) is 12.7. The fraction of sp³-hybridized carbons (Fsp3) is 0.167. The number of benzene rings is 4. The topological polar surface area (TPSA) is 73.9 Å². The van der Waals surface area contributed by atoms with E-state index in [1.807, 2.05) is 60.3 Å². The van der Waals surface area contributed by atoms with Gasteiger partial charge in [0, 0.05) is 50.4 Å². The minimum atomic E-state index is -0.780. The Morgan fingerprint density at radius 3 is 1.32 bits per heavy atom. The molecule has 7 nitrogen and oxygen atoms in total. The van der Waals surface area contributed by atoms with Gasteiger partial charge in [-0.2, -0.15) is 0 Å². The summed E-state index contributed by atoms with van der Waals surface area (Å²) < 4.78 is 7.09. The second kappa shape index (κ2) is 13.3. The highest BCUT2D eigenvalue weighted by atomic mass is 35.5. The number of nitrogens with one attached hydrogen (secondary N) is 2. The summed E-state index contributed by atoms with van der Waals surface area (Å²) in [5.74, 6) is 0.639. The predicted molar refractivity (Wildman–Crippen MR) is 189 cm³/mol. The van der Waals surface area contributed by atoms with E-state index >= 15 is 0 Å². The van der Waals surface area contributed by atoms with Gasteiger partial charge >= 0.3 is 0 Å². The maximum Gasteiger partial charge on any atom is 0.197 e. The van der Waals surface area contributed by atoms with Crippen LogP contribution in [0.5, 0.6) is 0 Å². The number of ether oxygens (including phenoxy) is 1. The summed E-state index contributed by atoms with van der Waals surface area (Å²) in [6.07, 6.45) is -1.56. The van der Waals surface area contributed by atoms with E-state index in [-0.39, 0.29) is 11.6 Å². The highest BCUT2D eigenvalue weighted by Crippen LogP contribution is 2.44. The molecule has 4 aromatic carbocycles. The van der Waals surface area contributed by atoms with Gasteiger partial charge in [0.2, 0.25) is 0 Å². The van der Waals surface area contributed by atoms with Crippen LogP contribution in [0.3, 0.4) is 0 Å². The molecule has 2 aliphatic heterocycles. The van der Waals surface area contributed by atoms with Crippen LogP contribution in [0.4, 0.5) is 0 Å². The van der Waals surface area contributed by atoms with Gasteiger partial charge in [-0.25, -0.2) is 0 Å². The maximum atomic E-state index is 14.3. The molecule has 2 atom stereocenters. The SMILES string of the molecule is CNC1=C(c2ccc(Cl)c(Cl)c2)C(=O)c2ccccc2[C@@H](O[C@H]2c3ccccc3C(=O)C(c3ccc(Cl)c(Cl)c3)=C(NC)N2C)N1C. The van der Waals surface area contributed by atoms with Crippen molar-refractivity contribution >= 4 is 69.1 Å². The summed E-state index contributed by atoms with van der Waals surface area (Å²) in [5, 5.41) is 7.90. The van der Waals surface area contributed by atoms with E-state index in [0.717, 1.165) is 0 Å². The molecular formula is C36H30Cl4N4O3. The number of carbonyl (C=O) groups is 2. The number of rotatable bonds is 6. The Kier molecular flexibility index (Phi) is 9.29. The summed E-state index contributed by atoms with van der Waals surface area (Å²) in [7, 11) is 7.21. The Morgan fingerprint density at radius 1 is 0.574 bits per heavy atom. The van der Waals surface area contributed by atoms with E-state index in [9.17, 15) is 9.59 Å². The highest BCUT2D eigenvalue weighted by Gasteiger charge is 2.39. The van der Waals surface area contributed by atoms with Gasteiger partial charge in [-0.1, -0.05) is 107 Å². The van der Waals surface area contributed by atoms with Crippen LogP contribution in [0.25, 0.3) is 11.1 Å². The molecule has 0 radical (unpaired) electrons. The fourth-order valence-electron chi connectivity index (χ4n) is 6.22. The van der Waals surface area contributed by atoms with E-state index in [1.54, 1.807) is 62.6 Å².